The van der Waals surface area contributed by atoms with Gasteiger partial charge in [0.2, 0.25) is 0 Å². The largest absolute Gasteiger partial charge is 0.395 e. The fraction of sp³-hybridized carbons (Fsp3) is 0.150. The summed E-state index contributed by atoms with van der Waals surface area (Å²) in [7, 11) is 0. The van der Waals surface area contributed by atoms with Crippen molar-refractivity contribution in [1.29, 1.82) is 0 Å². The Hall–Kier alpha value is -2.15. The van der Waals surface area contributed by atoms with Crippen LogP contribution in [0.25, 0.3) is 10.4 Å². The van der Waals surface area contributed by atoms with E-state index in [1.54, 1.807) is 23.5 Å². The molecule has 0 radical (unpaired) electrons. The fourth-order valence-electron chi connectivity index (χ4n) is 2.47. The Bertz CT molecular complexity index is 878. The number of carbonyl (C=O) groups is 1. The smallest absolute Gasteiger partial charge is 0.251 e. The third kappa shape index (κ3) is 4.94. The van der Waals surface area contributed by atoms with Crippen LogP contribution in [0, 0.1) is 0 Å². The Balaban J connectivity index is 1.58. The highest BCUT2D eigenvalue weighted by Crippen LogP contribution is 2.30. The first-order valence-electron chi connectivity index (χ1n) is 8.23. The Morgan fingerprint density at radius 2 is 1.88 bits per heavy atom. The number of carbonyl (C=O) groups excluding carboxylic acids is 1. The van der Waals surface area contributed by atoms with Crippen LogP contribution in [-0.2, 0) is 6.54 Å². The van der Waals surface area contributed by atoms with Crippen molar-refractivity contribution in [3.05, 3.63) is 75.6 Å². The average Bonchev–Trinajstić information content (AvgIpc) is 3.14. The van der Waals surface area contributed by atoms with Crippen LogP contribution in [0.2, 0.25) is 0 Å². The highest BCUT2D eigenvalue weighted by molar-refractivity contribution is 9.10. The molecular formula is C20H19BrN2O2S. The number of anilines is 1. The third-order valence-electron chi connectivity index (χ3n) is 3.78. The van der Waals surface area contributed by atoms with Crippen molar-refractivity contribution in [3.8, 4) is 10.4 Å². The molecule has 0 fully saturated rings. The summed E-state index contributed by atoms with van der Waals surface area (Å²) in [5.41, 5.74) is 2.74. The summed E-state index contributed by atoms with van der Waals surface area (Å²) in [5.74, 6) is -0.178. The molecule has 2 aromatic carbocycles. The molecule has 1 heterocycles. The van der Waals surface area contributed by atoms with E-state index in [4.69, 9.17) is 5.11 Å². The van der Waals surface area contributed by atoms with Crippen molar-refractivity contribution < 1.29 is 9.90 Å². The van der Waals surface area contributed by atoms with Crippen LogP contribution in [-0.4, -0.2) is 24.2 Å². The van der Waals surface area contributed by atoms with E-state index in [-0.39, 0.29) is 19.1 Å². The predicted octanol–water partition coefficient (Wildman–Crippen LogP) is 4.51. The summed E-state index contributed by atoms with van der Waals surface area (Å²) in [6, 6.07) is 19.9. The van der Waals surface area contributed by atoms with Gasteiger partial charge in [0, 0.05) is 38.6 Å². The summed E-state index contributed by atoms with van der Waals surface area (Å²) >= 11 is 5.27. The van der Waals surface area contributed by atoms with Gasteiger partial charge in [-0.2, -0.15) is 0 Å². The minimum atomic E-state index is -0.178. The lowest BCUT2D eigenvalue weighted by Crippen LogP contribution is -2.26. The molecule has 3 aromatic rings. The minimum Gasteiger partial charge on any atom is -0.395 e. The second-order valence-electron chi connectivity index (χ2n) is 5.69. The van der Waals surface area contributed by atoms with Crippen LogP contribution in [0.15, 0.2) is 65.1 Å². The number of thiophene rings is 1. The average molecular weight is 431 g/mol. The van der Waals surface area contributed by atoms with Crippen molar-refractivity contribution in [2.24, 2.45) is 0 Å². The van der Waals surface area contributed by atoms with Crippen LogP contribution in [0.3, 0.4) is 0 Å². The Labute approximate surface area is 165 Å². The van der Waals surface area contributed by atoms with Gasteiger partial charge in [-0.3, -0.25) is 4.79 Å². The van der Waals surface area contributed by atoms with Crippen LogP contribution in [0.5, 0.6) is 0 Å². The number of benzene rings is 2. The number of hydrogen-bond donors (Lipinski definition) is 3. The SMILES string of the molecule is O=C(NCCO)c1ccc(NCc2ccc(-c3cccc(Br)c3)s2)cc1. The lowest BCUT2D eigenvalue weighted by Gasteiger charge is -2.07. The molecule has 0 aliphatic carbocycles. The zero-order valence-corrected chi connectivity index (χ0v) is 16.4. The minimum absolute atomic E-state index is 0.0614. The van der Waals surface area contributed by atoms with E-state index in [1.807, 2.05) is 24.3 Å². The van der Waals surface area contributed by atoms with E-state index in [1.165, 1.54) is 15.3 Å². The molecule has 3 rings (SSSR count). The molecule has 0 atom stereocenters. The molecule has 0 spiro atoms. The third-order valence-corrected chi connectivity index (χ3v) is 5.41. The number of halogens is 1. The van der Waals surface area contributed by atoms with Gasteiger partial charge in [-0.25, -0.2) is 0 Å². The number of nitrogens with one attached hydrogen (secondary N) is 2. The highest BCUT2D eigenvalue weighted by atomic mass is 79.9. The first-order chi connectivity index (χ1) is 12.7. The highest BCUT2D eigenvalue weighted by Gasteiger charge is 2.06. The van der Waals surface area contributed by atoms with Crippen molar-refractivity contribution >= 4 is 38.9 Å². The summed E-state index contributed by atoms with van der Waals surface area (Å²) in [5, 5.41) is 14.8. The quantitative estimate of drug-likeness (QED) is 0.516. The first kappa shape index (κ1) is 18.6. The maximum Gasteiger partial charge on any atom is 0.251 e. The molecule has 0 saturated carbocycles. The van der Waals surface area contributed by atoms with Gasteiger partial charge in [-0.05, 0) is 54.1 Å². The topological polar surface area (TPSA) is 61.4 Å². The van der Waals surface area contributed by atoms with Crippen molar-refractivity contribution in [1.82, 2.24) is 5.32 Å². The second-order valence-corrected chi connectivity index (χ2v) is 7.77. The van der Waals surface area contributed by atoms with Crippen LogP contribution < -0.4 is 10.6 Å². The summed E-state index contributed by atoms with van der Waals surface area (Å²) < 4.78 is 1.08. The van der Waals surface area contributed by atoms with E-state index in [0.717, 1.165) is 16.7 Å². The number of aliphatic hydroxyl groups is 1. The predicted molar refractivity (Wildman–Crippen MR) is 111 cm³/mol. The molecule has 3 N–H and O–H groups in total. The van der Waals surface area contributed by atoms with Gasteiger partial charge < -0.3 is 15.7 Å². The van der Waals surface area contributed by atoms with Crippen molar-refractivity contribution in [2.75, 3.05) is 18.5 Å². The van der Waals surface area contributed by atoms with E-state index in [9.17, 15) is 4.79 Å². The first-order valence-corrected chi connectivity index (χ1v) is 9.84. The Morgan fingerprint density at radius 1 is 1.08 bits per heavy atom. The van der Waals surface area contributed by atoms with Gasteiger partial charge >= 0.3 is 0 Å². The molecular weight excluding hydrogens is 412 g/mol. The number of aliphatic hydroxyl groups excluding tert-OH is 1. The zero-order chi connectivity index (χ0) is 18.4. The molecule has 0 bridgehead atoms. The van der Waals surface area contributed by atoms with Gasteiger partial charge in [-0.1, -0.05) is 28.1 Å². The maximum absolute atomic E-state index is 11.8. The van der Waals surface area contributed by atoms with Gasteiger partial charge in [0.05, 0.1) is 6.61 Å². The number of amides is 1. The molecule has 4 nitrogen and oxygen atoms in total. The van der Waals surface area contributed by atoms with Gasteiger partial charge in [-0.15, -0.1) is 11.3 Å². The molecule has 0 unspecified atom stereocenters. The summed E-state index contributed by atoms with van der Waals surface area (Å²) in [6.45, 7) is 0.931. The molecule has 0 aliphatic rings. The lowest BCUT2D eigenvalue weighted by molar-refractivity contribution is 0.0945. The molecule has 1 amide bonds. The molecule has 0 saturated heterocycles. The number of hydrogen-bond acceptors (Lipinski definition) is 4. The molecule has 0 aliphatic heterocycles. The molecule has 6 heteroatoms. The van der Waals surface area contributed by atoms with Crippen LogP contribution in [0.1, 0.15) is 15.2 Å². The van der Waals surface area contributed by atoms with E-state index in [0.29, 0.717) is 5.56 Å². The summed E-state index contributed by atoms with van der Waals surface area (Å²) in [6.07, 6.45) is 0. The molecule has 1 aromatic heterocycles. The van der Waals surface area contributed by atoms with Crippen LogP contribution >= 0.6 is 27.3 Å². The van der Waals surface area contributed by atoms with Crippen molar-refractivity contribution in [3.63, 3.8) is 0 Å². The van der Waals surface area contributed by atoms with Gasteiger partial charge in [0.25, 0.3) is 5.91 Å². The van der Waals surface area contributed by atoms with Crippen molar-refractivity contribution in [2.45, 2.75) is 6.54 Å². The lowest BCUT2D eigenvalue weighted by atomic mass is 10.2. The normalized spacial score (nSPS) is 10.5. The monoisotopic (exact) mass is 430 g/mol. The number of rotatable bonds is 7. The molecule has 26 heavy (non-hydrogen) atoms. The summed E-state index contributed by atoms with van der Waals surface area (Å²) in [4.78, 5) is 14.3. The van der Waals surface area contributed by atoms with E-state index < -0.39 is 0 Å². The second kappa shape index (κ2) is 8.98. The van der Waals surface area contributed by atoms with Crippen LogP contribution in [0.4, 0.5) is 5.69 Å². The Kier molecular flexibility index (Phi) is 6.44. The standard InChI is InChI=1S/C20H19BrN2O2S/c21-16-3-1-2-15(12-16)19-9-8-18(26-19)13-23-17-6-4-14(5-7-17)20(25)22-10-11-24/h1-9,12,23-24H,10-11,13H2,(H,22,25). The Morgan fingerprint density at radius 3 is 2.62 bits per heavy atom. The molecule has 134 valence electrons. The maximum atomic E-state index is 11.8. The zero-order valence-electron chi connectivity index (χ0n) is 14.0. The van der Waals surface area contributed by atoms with Gasteiger partial charge in [0.15, 0.2) is 0 Å². The van der Waals surface area contributed by atoms with E-state index >= 15 is 0 Å². The van der Waals surface area contributed by atoms with Gasteiger partial charge in [0.1, 0.15) is 0 Å². The van der Waals surface area contributed by atoms with E-state index in [2.05, 4.69) is 50.8 Å². The fourth-order valence-corrected chi connectivity index (χ4v) is 3.81.